The van der Waals surface area contributed by atoms with Crippen LogP contribution in [-0.2, 0) is 19.1 Å². The fourth-order valence-corrected chi connectivity index (χ4v) is 4.16. The molecular formula is C28H53NO5. The van der Waals surface area contributed by atoms with Crippen LogP contribution in [0.4, 0.5) is 0 Å². The third-order valence-corrected chi connectivity index (χ3v) is 6.28. The number of carboxylic acids is 1. The number of carbonyl (C=O) groups is 3. The third-order valence-electron chi connectivity index (χ3n) is 6.28. The van der Waals surface area contributed by atoms with Gasteiger partial charge in [0, 0.05) is 12.8 Å². The van der Waals surface area contributed by atoms with Crippen LogP contribution in [0.1, 0.15) is 149 Å². The summed E-state index contributed by atoms with van der Waals surface area (Å²) in [5.74, 6) is -1.27. The Balaban J connectivity index is 4.06. The summed E-state index contributed by atoms with van der Waals surface area (Å²) in [6, 6.07) is 0. The van der Waals surface area contributed by atoms with Crippen LogP contribution in [0.5, 0.6) is 0 Å². The molecule has 0 aromatic carbocycles. The smallest absolute Gasteiger partial charge is 0.322 e. The molecule has 0 spiro atoms. The summed E-state index contributed by atoms with van der Waals surface area (Å²) in [4.78, 5) is 34.4. The highest BCUT2D eigenvalue weighted by Gasteiger charge is 2.14. The summed E-state index contributed by atoms with van der Waals surface area (Å²) < 4.78 is 5.86. The lowest BCUT2D eigenvalue weighted by molar-refractivity contribution is -0.150. The van der Waals surface area contributed by atoms with Gasteiger partial charge >= 0.3 is 11.9 Å². The highest BCUT2D eigenvalue weighted by molar-refractivity contribution is 5.80. The second kappa shape index (κ2) is 24.5. The minimum atomic E-state index is -1.02. The molecule has 0 aromatic rings. The Morgan fingerprint density at radius 2 is 1.09 bits per heavy atom. The molecule has 1 atom stereocenters. The molecule has 0 aromatic heterocycles. The molecule has 0 rings (SSSR count). The molecule has 0 aliphatic heterocycles. The molecule has 0 saturated carbocycles. The van der Waals surface area contributed by atoms with Gasteiger partial charge < -0.3 is 15.2 Å². The van der Waals surface area contributed by atoms with Crippen LogP contribution in [0.3, 0.4) is 0 Å². The second-order valence-corrected chi connectivity index (χ2v) is 9.66. The van der Waals surface area contributed by atoms with Crippen molar-refractivity contribution in [2.45, 2.75) is 155 Å². The Kier molecular flexibility index (Phi) is 23.4. The predicted molar refractivity (Wildman–Crippen MR) is 139 cm³/mol. The molecule has 0 heterocycles. The number of carboxylic acid groups (broad SMARTS) is 1. The fourth-order valence-electron chi connectivity index (χ4n) is 4.16. The van der Waals surface area contributed by atoms with Crippen LogP contribution in [0, 0.1) is 0 Å². The molecule has 1 unspecified atom stereocenters. The van der Waals surface area contributed by atoms with Crippen LogP contribution in [0.15, 0.2) is 0 Å². The number of hydrogen-bond donors (Lipinski definition) is 2. The van der Waals surface area contributed by atoms with Gasteiger partial charge in [0.15, 0.2) is 0 Å². The minimum Gasteiger partial charge on any atom is -0.480 e. The van der Waals surface area contributed by atoms with E-state index in [1.54, 1.807) is 0 Å². The van der Waals surface area contributed by atoms with E-state index in [-0.39, 0.29) is 24.5 Å². The molecule has 2 N–H and O–H groups in total. The first-order valence-corrected chi connectivity index (χ1v) is 14.2. The lowest BCUT2D eigenvalue weighted by Gasteiger charge is -2.18. The standard InChI is InChI=1S/C28H53NO5/c1-3-5-7-9-10-11-13-19-23-28(33)34-25(20-16-12-8-6-4-2)21-17-14-15-18-22-26(30)29-24-27(31)32/h25H,3-24H2,1-2H3,(H,29,30)(H,31,32). The van der Waals surface area contributed by atoms with Crippen molar-refractivity contribution in [3.05, 3.63) is 0 Å². The third kappa shape index (κ3) is 23.6. The maximum absolute atomic E-state index is 12.4. The van der Waals surface area contributed by atoms with E-state index in [9.17, 15) is 14.4 Å². The molecular weight excluding hydrogens is 430 g/mol. The van der Waals surface area contributed by atoms with E-state index >= 15 is 0 Å². The van der Waals surface area contributed by atoms with Crippen molar-refractivity contribution in [1.29, 1.82) is 0 Å². The van der Waals surface area contributed by atoms with E-state index in [0.29, 0.717) is 12.8 Å². The predicted octanol–water partition coefficient (Wildman–Crippen LogP) is 7.33. The zero-order chi connectivity index (χ0) is 25.3. The molecule has 0 aliphatic rings. The number of nitrogens with one attached hydrogen (secondary N) is 1. The second-order valence-electron chi connectivity index (χ2n) is 9.66. The average molecular weight is 484 g/mol. The van der Waals surface area contributed by atoms with Crippen LogP contribution in [0.25, 0.3) is 0 Å². The van der Waals surface area contributed by atoms with Gasteiger partial charge in [-0.05, 0) is 38.5 Å². The summed E-state index contributed by atoms with van der Waals surface area (Å²) in [6.07, 6.45) is 22.2. The maximum atomic E-state index is 12.4. The largest absolute Gasteiger partial charge is 0.480 e. The highest BCUT2D eigenvalue weighted by Crippen LogP contribution is 2.18. The summed E-state index contributed by atoms with van der Waals surface area (Å²) in [5, 5.41) is 11.0. The van der Waals surface area contributed by atoms with Crippen LogP contribution >= 0.6 is 0 Å². The van der Waals surface area contributed by atoms with E-state index in [4.69, 9.17) is 9.84 Å². The van der Waals surface area contributed by atoms with Crippen molar-refractivity contribution in [1.82, 2.24) is 5.32 Å². The van der Waals surface area contributed by atoms with Crippen molar-refractivity contribution in [2.75, 3.05) is 6.54 Å². The molecule has 6 nitrogen and oxygen atoms in total. The quantitative estimate of drug-likeness (QED) is 0.105. The van der Waals surface area contributed by atoms with Gasteiger partial charge in [0.2, 0.25) is 5.91 Å². The zero-order valence-electron chi connectivity index (χ0n) is 22.2. The van der Waals surface area contributed by atoms with Gasteiger partial charge in [0.05, 0.1) is 0 Å². The first-order valence-electron chi connectivity index (χ1n) is 14.2. The number of rotatable bonds is 25. The topological polar surface area (TPSA) is 92.7 Å². The monoisotopic (exact) mass is 483 g/mol. The van der Waals surface area contributed by atoms with Crippen molar-refractivity contribution >= 4 is 17.8 Å². The SMILES string of the molecule is CCCCCCCCCCC(=O)OC(CCCCCCC)CCCCCCC(=O)NCC(=O)O. The Morgan fingerprint density at radius 1 is 0.647 bits per heavy atom. The van der Waals surface area contributed by atoms with Gasteiger partial charge in [-0.1, -0.05) is 97.3 Å². The number of amides is 1. The normalized spacial score (nSPS) is 11.8. The van der Waals surface area contributed by atoms with Crippen LogP contribution in [-0.4, -0.2) is 35.6 Å². The number of ether oxygens (including phenoxy) is 1. The Labute approximate surface area is 209 Å². The van der Waals surface area contributed by atoms with Crippen molar-refractivity contribution < 1.29 is 24.2 Å². The van der Waals surface area contributed by atoms with Gasteiger partial charge in [-0.25, -0.2) is 0 Å². The van der Waals surface area contributed by atoms with Crippen molar-refractivity contribution in [2.24, 2.45) is 0 Å². The summed E-state index contributed by atoms with van der Waals surface area (Å²) in [7, 11) is 0. The first kappa shape index (κ1) is 32.4. The lowest BCUT2D eigenvalue weighted by Crippen LogP contribution is -2.28. The molecule has 1 amide bonds. The first-order chi connectivity index (χ1) is 16.5. The maximum Gasteiger partial charge on any atom is 0.322 e. The number of hydrogen-bond acceptors (Lipinski definition) is 4. The zero-order valence-corrected chi connectivity index (χ0v) is 22.2. The van der Waals surface area contributed by atoms with Gasteiger partial charge in [-0.15, -0.1) is 0 Å². The molecule has 0 fully saturated rings. The summed E-state index contributed by atoms with van der Waals surface area (Å²) in [5.41, 5.74) is 0. The molecule has 200 valence electrons. The van der Waals surface area contributed by atoms with Crippen LogP contribution in [0.2, 0.25) is 0 Å². The van der Waals surface area contributed by atoms with E-state index in [2.05, 4.69) is 19.2 Å². The fraction of sp³-hybridized carbons (Fsp3) is 0.893. The molecule has 0 bridgehead atoms. The molecule has 0 saturated heterocycles. The Hall–Kier alpha value is -1.59. The molecule has 0 aliphatic carbocycles. The van der Waals surface area contributed by atoms with E-state index < -0.39 is 5.97 Å². The lowest BCUT2D eigenvalue weighted by atomic mass is 10.0. The molecule has 34 heavy (non-hydrogen) atoms. The van der Waals surface area contributed by atoms with Gasteiger partial charge in [-0.2, -0.15) is 0 Å². The minimum absolute atomic E-state index is 0.0158. The van der Waals surface area contributed by atoms with Crippen molar-refractivity contribution in [3.63, 3.8) is 0 Å². The van der Waals surface area contributed by atoms with Crippen molar-refractivity contribution in [3.8, 4) is 0 Å². The van der Waals surface area contributed by atoms with E-state index in [1.807, 2.05) is 0 Å². The number of unbranched alkanes of at least 4 members (excludes halogenated alkanes) is 14. The van der Waals surface area contributed by atoms with Gasteiger partial charge in [-0.3, -0.25) is 14.4 Å². The Morgan fingerprint density at radius 3 is 1.59 bits per heavy atom. The number of carbonyl (C=O) groups excluding carboxylic acids is 2. The number of aliphatic carboxylic acids is 1. The summed E-state index contributed by atoms with van der Waals surface area (Å²) >= 11 is 0. The van der Waals surface area contributed by atoms with Crippen LogP contribution < -0.4 is 5.32 Å². The average Bonchev–Trinajstić information content (AvgIpc) is 2.81. The molecule has 0 radical (unpaired) electrons. The van der Waals surface area contributed by atoms with Gasteiger partial charge in [0.1, 0.15) is 12.6 Å². The van der Waals surface area contributed by atoms with E-state index in [1.165, 1.54) is 64.2 Å². The molecule has 6 heteroatoms. The Bertz CT molecular complexity index is 509. The van der Waals surface area contributed by atoms with E-state index in [0.717, 1.165) is 57.8 Å². The summed E-state index contributed by atoms with van der Waals surface area (Å²) in [6.45, 7) is 4.13. The number of esters is 1. The highest BCUT2D eigenvalue weighted by atomic mass is 16.5. The van der Waals surface area contributed by atoms with Gasteiger partial charge in [0.25, 0.3) is 0 Å².